The molecular formula is C9H19NS. The molecule has 1 nitrogen and oxygen atoms in total. The molecule has 0 aliphatic carbocycles. The second-order valence-corrected chi connectivity index (χ2v) is 5.47. The van der Waals surface area contributed by atoms with E-state index in [1.165, 1.54) is 5.75 Å². The van der Waals surface area contributed by atoms with Crippen LogP contribution in [0.15, 0.2) is 0 Å². The standard InChI is InChI=1S/C9H19NS/c1-7(2)8-10(5)9(3,4)6-11-8/h7-8H,6H2,1-5H3/t8-/m1/s1. The minimum Gasteiger partial charge on any atom is -0.288 e. The number of hydrogen-bond acceptors (Lipinski definition) is 2. The normalized spacial score (nSPS) is 31.6. The van der Waals surface area contributed by atoms with Crippen LogP contribution < -0.4 is 0 Å². The summed E-state index contributed by atoms with van der Waals surface area (Å²) in [6.07, 6.45) is 0. The summed E-state index contributed by atoms with van der Waals surface area (Å²) in [4.78, 5) is 2.50. The molecule has 0 aromatic rings. The van der Waals surface area contributed by atoms with Crippen molar-refractivity contribution in [3.8, 4) is 0 Å². The van der Waals surface area contributed by atoms with Gasteiger partial charge in [-0.25, -0.2) is 0 Å². The molecule has 1 aliphatic rings. The highest BCUT2D eigenvalue weighted by Crippen LogP contribution is 2.38. The molecule has 0 aromatic heterocycles. The van der Waals surface area contributed by atoms with Crippen molar-refractivity contribution in [2.24, 2.45) is 5.92 Å². The zero-order chi connectivity index (χ0) is 8.65. The van der Waals surface area contributed by atoms with Gasteiger partial charge in [0.1, 0.15) is 0 Å². The maximum Gasteiger partial charge on any atom is 0.0583 e. The Morgan fingerprint density at radius 3 is 2.18 bits per heavy atom. The molecule has 0 aromatic carbocycles. The maximum absolute atomic E-state index is 2.50. The Kier molecular flexibility index (Phi) is 2.55. The average Bonchev–Trinajstić information content (AvgIpc) is 2.09. The van der Waals surface area contributed by atoms with Crippen molar-refractivity contribution in [1.29, 1.82) is 0 Å². The first-order chi connectivity index (χ1) is 4.95. The Labute approximate surface area is 74.5 Å². The maximum atomic E-state index is 2.50. The van der Waals surface area contributed by atoms with Gasteiger partial charge in [-0.3, -0.25) is 4.90 Å². The van der Waals surface area contributed by atoms with Crippen molar-refractivity contribution in [2.75, 3.05) is 12.8 Å². The molecule has 1 atom stereocenters. The SMILES string of the molecule is CC(C)[C@H]1SCC(C)(C)N1C. The van der Waals surface area contributed by atoms with Crippen LogP contribution in [0.3, 0.4) is 0 Å². The lowest BCUT2D eigenvalue weighted by Crippen LogP contribution is -2.42. The summed E-state index contributed by atoms with van der Waals surface area (Å²) in [5, 5.41) is 0.727. The van der Waals surface area contributed by atoms with E-state index < -0.39 is 0 Å². The van der Waals surface area contributed by atoms with Gasteiger partial charge in [-0.05, 0) is 26.8 Å². The highest BCUT2D eigenvalue weighted by molar-refractivity contribution is 8.00. The Balaban J connectivity index is 2.63. The molecule has 66 valence electrons. The molecule has 0 bridgehead atoms. The second-order valence-electron chi connectivity index (χ2n) is 4.37. The monoisotopic (exact) mass is 173 g/mol. The first kappa shape index (κ1) is 9.40. The number of hydrogen-bond donors (Lipinski definition) is 0. The number of rotatable bonds is 1. The van der Waals surface area contributed by atoms with Crippen LogP contribution in [0.5, 0.6) is 0 Å². The van der Waals surface area contributed by atoms with Gasteiger partial charge in [0.15, 0.2) is 0 Å². The molecule has 1 heterocycles. The van der Waals surface area contributed by atoms with E-state index in [-0.39, 0.29) is 0 Å². The van der Waals surface area contributed by atoms with Gasteiger partial charge >= 0.3 is 0 Å². The van der Waals surface area contributed by atoms with Crippen LogP contribution in [-0.2, 0) is 0 Å². The second kappa shape index (κ2) is 2.98. The third-order valence-corrected chi connectivity index (χ3v) is 4.59. The largest absolute Gasteiger partial charge is 0.288 e. The molecular weight excluding hydrogens is 154 g/mol. The summed E-state index contributed by atoms with van der Waals surface area (Å²) >= 11 is 2.09. The predicted molar refractivity (Wildman–Crippen MR) is 52.9 cm³/mol. The molecule has 1 aliphatic heterocycles. The molecule has 1 rings (SSSR count). The average molecular weight is 173 g/mol. The van der Waals surface area contributed by atoms with E-state index >= 15 is 0 Å². The summed E-state index contributed by atoms with van der Waals surface area (Å²) in [6, 6.07) is 0. The lowest BCUT2D eigenvalue weighted by Gasteiger charge is -2.32. The quantitative estimate of drug-likeness (QED) is 0.599. The molecule has 0 saturated carbocycles. The van der Waals surface area contributed by atoms with Crippen LogP contribution >= 0.6 is 11.8 Å². The zero-order valence-corrected chi connectivity index (χ0v) is 9.03. The molecule has 0 radical (unpaired) electrons. The third-order valence-electron chi connectivity index (χ3n) is 2.51. The topological polar surface area (TPSA) is 3.24 Å². The highest BCUT2D eigenvalue weighted by atomic mass is 32.2. The van der Waals surface area contributed by atoms with Crippen molar-refractivity contribution in [2.45, 2.75) is 38.6 Å². The lowest BCUT2D eigenvalue weighted by atomic mass is 10.1. The van der Waals surface area contributed by atoms with Crippen LogP contribution in [0.2, 0.25) is 0 Å². The molecule has 1 saturated heterocycles. The van der Waals surface area contributed by atoms with Gasteiger partial charge in [0.2, 0.25) is 0 Å². The van der Waals surface area contributed by atoms with E-state index in [4.69, 9.17) is 0 Å². The van der Waals surface area contributed by atoms with Crippen LogP contribution in [0.25, 0.3) is 0 Å². The minimum absolute atomic E-state index is 0.402. The molecule has 0 unspecified atom stereocenters. The van der Waals surface area contributed by atoms with Gasteiger partial charge in [-0.2, -0.15) is 0 Å². The Morgan fingerprint density at radius 1 is 1.45 bits per heavy atom. The first-order valence-electron chi connectivity index (χ1n) is 4.29. The zero-order valence-electron chi connectivity index (χ0n) is 8.22. The number of thioether (sulfide) groups is 1. The van der Waals surface area contributed by atoms with Crippen LogP contribution in [0.4, 0.5) is 0 Å². The summed E-state index contributed by atoms with van der Waals surface area (Å²) in [6.45, 7) is 9.25. The number of nitrogens with zero attached hydrogens (tertiary/aromatic N) is 1. The van der Waals surface area contributed by atoms with Crippen LogP contribution in [-0.4, -0.2) is 28.6 Å². The van der Waals surface area contributed by atoms with Crippen molar-refractivity contribution in [3.63, 3.8) is 0 Å². The molecule has 2 heteroatoms. The molecule has 1 fully saturated rings. The van der Waals surface area contributed by atoms with E-state index in [2.05, 4.69) is 51.4 Å². The van der Waals surface area contributed by atoms with Crippen molar-refractivity contribution in [3.05, 3.63) is 0 Å². The van der Waals surface area contributed by atoms with E-state index in [9.17, 15) is 0 Å². The van der Waals surface area contributed by atoms with Crippen molar-refractivity contribution < 1.29 is 0 Å². The fraction of sp³-hybridized carbons (Fsp3) is 1.00. The van der Waals surface area contributed by atoms with Gasteiger partial charge in [-0.15, -0.1) is 11.8 Å². The first-order valence-corrected chi connectivity index (χ1v) is 5.34. The lowest BCUT2D eigenvalue weighted by molar-refractivity contribution is 0.160. The molecule has 11 heavy (non-hydrogen) atoms. The van der Waals surface area contributed by atoms with Crippen LogP contribution in [0, 0.1) is 5.92 Å². The molecule has 0 spiro atoms. The Bertz CT molecular complexity index is 142. The van der Waals surface area contributed by atoms with E-state index in [0.29, 0.717) is 5.54 Å². The van der Waals surface area contributed by atoms with Gasteiger partial charge in [0, 0.05) is 11.3 Å². The third kappa shape index (κ3) is 1.73. The molecule has 0 N–H and O–H groups in total. The van der Waals surface area contributed by atoms with E-state index in [1.807, 2.05) is 0 Å². The summed E-state index contributed by atoms with van der Waals surface area (Å²) in [5.74, 6) is 2.04. The Morgan fingerprint density at radius 2 is 2.00 bits per heavy atom. The Hall–Kier alpha value is 0.310. The predicted octanol–water partition coefficient (Wildman–Crippen LogP) is 2.43. The van der Waals surface area contributed by atoms with Gasteiger partial charge in [-0.1, -0.05) is 13.8 Å². The van der Waals surface area contributed by atoms with Gasteiger partial charge in [0.25, 0.3) is 0 Å². The smallest absolute Gasteiger partial charge is 0.0583 e. The van der Waals surface area contributed by atoms with E-state index in [0.717, 1.165) is 11.3 Å². The summed E-state index contributed by atoms with van der Waals surface area (Å²) in [5.41, 5.74) is 0.402. The van der Waals surface area contributed by atoms with Crippen molar-refractivity contribution >= 4 is 11.8 Å². The fourth-order valence-corrected chi connectivity index (χ4v) is 3.16. The van der Waals surface area contributed by atoms with Gasteiger partial charge in [0.05, 0.1) is 5.37 Å². The molecule has 0 amide bonds. The summed E-state index contributed by atoms with van der Waals surface area (Å²) < 4.78 is 0. The fourth-order valence-electron chi connectivity index (χ4n) is 1.49. The van der Waals surface area contributed by atoms with Crippen LogP contribution in [0.1, 0.15) is 27.7 Å². The van der Waals surface area contributed by atoms with E-state index in [1.54, 1.807) is 0 Å². The summed E-state index contributed by atoms with van der Waals surface area (Å²) in [7, 11) is 2.24. The van der Waals surface area contributed by atoms with Crippen molar-refractivity contribution in [1.82, 2.24) is 4.90 Å². The highest BCUT2D eigenvalue weighted by Gasteiger charge is 2.38. The minimum atomic E-state index is 0.402. The van der Waals surface area contributed by atoms with Gasteiger partial charge < -0.3 is 0 Å².